The number of rotatable bonds is 5. The summed E-state index contributed by atoms with van der Waals surface area (Å²) in [6.07, 6.45) is 0.0905. The normalized spacial score (nSPS) is 14.6. The van der Waals surface area contributed by atoms with Crippen molar-refractivity contribution in [1.29, 1.82) is 0 Å². The van der Waals surface area contributed by atoms with E-state index in [-0.39, 0.29) is 6.42 Å². The molecule has 1 aromatic carbocycles. The molecule has 1 aromatic rings. The second-order valence-corrected chi connectivity index (χ2v) is 6.46. The highest BCUT2D eigenvalue weighted by atomic mass is 32.2. The highest BCUT2D eigenvalue weighted by molar-refractivity contribution is 7.87. The average Bonchev–Trinajstić information content (AvgIpc) is 2.26. The molecular weight excluding hydrogens is 240 g/mol. The van der Waals surface area contributed by atoms with Crippen molar-refractivity contribution in [2.75, 3.05) is 7.11 Å². The molecule has 0 fully saturated rings. The minimum atomic E-state index is -3.71. The third-order valence-corrected chi connectivity index (χ3v) is 4.04. The summed E-state index contributed by atoms with van der Waals surface area (Å²) < 4.78 is 28.2. The first kappa shape index (κ1) is 14.2. The van der Waals surface area contributed by atoms with Crippen LogP contribution < -0.4 is 0 Å². The Balaban J connectivity index is 3.13. The number of hydrogen-bond acceptors (Lipinski definition) is 4. The number of aliphatic hydroxyl groups is 1. The van der Waals surface area contributed by atoms with Gasteiger partial charge in [0.2, 0.25) is 0 Å². The molecule has 17 heavy (non-hydrogen) atoms. The van der Waals surface area contributed by atoms with E-state index in [0.29, 0.717) is 5.56 Å². The molecule has 1 atom stereocenters. The third-order valence-electron chi connectivity index (χ3n) is 2.44. The fourth-order valence-electron chi connectivity index (χ4n) is 1.62. The molecule has 0 aliphatic carbocycles. The van der Waals surface area contributed by atoms with Crippen molar-refractivity contribution in [2.45, 2.75) is 31.1 Å². The molecule has 0 aromatic heterocycles. The topological polar surface area (TPSA) is 63.6 Å². The molecule has 96 valence electrons. The van der Waals surface area contributed by atoms with Gasteiger partial charge in [0, 0.05) is 0 Å². The van der Waals surface area contributed by atoms with Gasteiger partial charge < -0.3 is 5.11 Å². The maximum atomic E-state index is 11.8. The van der Waals surface area contributed by atoms with Crippen LogP contribution in [0.15, 0.2) is 30.3 Å². The predicted molar refractivity (Wildman–Crippen MR) is 66.0 cm³/mol. The van der Waals surface area contributed by atoms with Gasteiger partial charge in [-0.3, -0.25) is 4.18 Å². The lowest BCUT2D eigenvalue weighted by Gasteiger charge is -2.24. The van der Waals surface area contributed by atoms with Gasteiger partial charge in [0.25, 0.3) is 10.1 Å². The maximum absolute atomic E-state index is 11.8. The summed E-state index contributed by atoms with van der Waals surface area (Å²) in [6.45, 7) is 3.16. The zero-order valence-corrected chi connectivity index (χ0v) is 11.1. The van der Waals surface area contributed by atoms with Crippen LogP contribution >= 0.6 is 0 Å². The molecular formula is C12H18O4S. The summed E-state index contributed by atoms with van der Waals surface area (Å²) in [5.74, 6) is 0. The Morgan fingerprint density at radius 1 is 1.29 bits per heavy atom. The van der Waals surface area contributed by atoms with Crippen molar-refractivity contribution in [1.82, 2.24) is 0 Å². The summed E-state index contributed by atoms with van der Waals surface area (Å²) in [4.78, 5) is 0. The standard InChI is InChI=1S/C12H18O4S/c1-12(2,13)9-11(17(14,15)16-3)10-7-5-4-6-8-10/h4-8,11,13H,9H2,1-3H3/t11-/m1/s1. The van der Waals surface area contributed by atoms with Crippen LogP contribution in [0.3, 0.4) is 0 Å². The second-order valence-electron chi connectivity index (χ2n) is 4.58. The SMILES string of the molecule is COS(=O)(=O)[C@H](CC(C)(C)O)c1ccccc1. The fourth-order valence-corrected chi connectivity index (χ4v) is 2.96. The Morgan fingerprint density at radius 3 is 2.24 bits per heavy atom. The van der Waals surface area contributed by atoms with Crippen LogP contribution in [0.2, 0.25) is 0 Å². The molecule has 0 bridgehead atoms. The van der Waals surface area contributed by atoms with E-state index in [0.717, 1.165) is 7.11 Å². The van der Waals surface area contributed by atoms with Crippen LogP contribution in [-0.2, 0) is 14.3 Å². The van der Waals surface area contributed by atoms with Gasteiger partial charge in [-0.1, -0.05) is 30.3 Å². The van der Waals surface area contributed by atoms with E-state index in [4.69, 9.17) is 0 Å². The average molecular weight is 258 g/mol. The molecule has 0 radical (unpaired) electrons. The van der Waals surface area contributed by atoms with E-state index in [1.165, 1.54) is 0 Å². The molecule has 0 aliphatic rings. The lowest BCUT2D eigenvalue weighted by atomic mass is 9.98. The van der Waals surface area contributed by atoms with Crippen LogP contribution in [0.1, 0.15) is 31.1 Å². The van der Waals surface area contributed by atoms with Gasteiger partial charge in [-0.05, 0) is 25.8 Å². The second kappa shape index (κ2) is 5.16. The Morgan fingerprint density at radius 2 is 1.82 bits per heavy atom. The summed E-state index contributed by atoms with van der Waals surface area (Å²) >= 11 is 0. The van der Waals surface area contributed by atoms with Gasteiger partial charge in [0.05, 0.1) is 12.7 Å². The molecule has 1 rings (SSSR count). The smallest absolute Gasteiger partial charge is 0.274 e. The minimum absolute atomic E-state index is 0.0905. The first-order chi connectivity index (χ1) is 7.76. The van der Waals surface area contributed by atoms with E-state index < -0.39 is 21.0 Å². The van der Waals surface area contributed by atoms with E-state index in [2.05, 4.69) is 4.18 Å². The molecule has 0 amide bonds. The monoisotopic (exact) mass is 258 g/mol. The lowest BCUT2D eigenvalue weighted by Crippen LogP contribution is -2.27. The molecule has 0 saturated heterocycles. The fraction of sp³-hybridized carbons (Fsp3) is 0.500. The first-order valence-corrected chi connectivity index (χ1v) is 6.80. The van der Waals surface area contributed by atoms with E-state index in [1.807, 2.05) is 6.07 Å². The van der Waals surface area contributed by atoms with Crippen LogP contribution in [0, 0.1) is 0 Å². The molecule has 4 nitrogen and oxygen atoms in total. The Labute approximate surface area is 102 Å². The first-order valence-electron chi connectivity index (χ1n) is 5.33. The van der Waals surface area contributed by atoms with Crippen molar-refractivity contribution in [3.8, 4) is 0 Å². The molecule has 0 spiro atoms. The molecule has 5 heteroatoms. The van der Waals surface area contributed by atoms with Crippen molar-refractivity contribution < 1.29 is 17.7 Å². The van der Waals surface area contributed by atoms with Crippen LogP contribution in [-0.4, -0.2) is 26.2 Å². The van der Waals surface area contributed by atoms with Gasteiger partial charge in [-0.25, -0.2) is 0 Å². The van der Waals surface area contributed by atoms with Gasteiger partial charge >= 0.3 is 0 Å². The van der Waals surface area contributed by atoms with Gasteiger partial charge in [-0.15, -0.1) is 0 Å². The molecule has 0 aliphatic heterocycles. The zero-order valence-electron chi connectivity index (χ0n) is 10.3. The Kier molecular flexibility index (Phi) is 4.30. The molecule has 1 N–H and O–H groups in total. The van der Waals surface area contributed by atoms with Crippen molar-refractivity contribution >= 4 is 10.1 Å². The minimum Gasteiger partial charge on any atom is -0.390 e. The number of benzene rings is 1. The molecule has 0 heterocycles. The largest absolute Gasteiger partial charge is 0.390 e. The summed E-state index contributed by atoms with van der Waals surface area (Å²) in [5, 5.41) is 8.94. The van der Waals surface area contributed by atoms with Gasteiger partial charge in [0.1, 0.15) is 5.25 Å². The van der Waals surface area contributed by atoms with Gasteiger partial charge in [-0.2, -0.15) is 8.42 Å². The van der Waals surface area contributed by atoms with E-state index in [9.17, 15) is 13.5 Å². The maximum Gasteiger partial charge on any atom is 0.274 e. The van der Waals surface area contributed by atoms with Crippen molar-refractivity contribution in [3.05, 3.63) is 35.9 Å². The highest BCUT2D eigenvalue weighted by Crippen LogP contribution is 2.31. The number of hydrogen-bond donors (Lipinski definition) is 1. The van der Waals surface area contributed by atoms with E-state index >= 15 is 0 Å². The van der Waals surface area contributed by atoms with Crippen LogP contribution in [0.25, 0.3) is 0 Å². The summed E-state index contributed by atoms with van der Waals surface area (Å²) in [7, 11) is -2.57. The van der Waals surface area contributed by atoms with Crippen LogP contribution in [0.4, 0.5) is 0 Å². The van der Waals surface area contributed by atoms with Crippen molar-refractivity contribution in [2.24, 2.45) is 0 Å². The van der Waals surface area contributed by atoms with Crippen LogP contribution in [0.5, 0.6) is 0 Å². The van der Waals surface area contributed by atoms with E-state index in [1.54, 1.807) is 38.1 Å². The highest BCUT2D eigenvalue weighted by Gasteiger charge is 2.32. The lowest BCUT2D eigenvalue weighted by molar-refractivity contribution is 0.0687. The van der Waals surface area contributed by atoms with Crippen molar-refractivity contribution in [3.63, 3.8) is 0 Å². The Hall–Kier alpha value is -0.910. The third kappa shape index (κ3) is 4.11. The predicted octanol–water partition coefficient (Wildman–Crippen LogP) is 1.86. The summed E-state index contributed by atoms with van der Waals surface area (Å²) in [5.41, 5.74) is -0.456. The zero-order chi connectivity index (χ0) is 13.1. The molecule has 0 saturated carbocycles. The quantitative estimate of drug-likeness (QED) is 0.819. The van der Waals surface area contributed by atoms with Gasteiger partial charge in [0.15, 0.2) is 0 Å². The Bertz CT molecular complexity index is 445. The molecule has 0 unspecified atom stereocenters. The summed E-state index contributed by atoms with van der Waals surface area (Å²) in [6, 6.07) is 8.76.